The van der Waals surface area contributed by atoms with E-state index in [0.29, 0.717) is 17.4 Å². The Morgan fingerprint density at radius 2 is 2.00 bits per heavy atom. The topological polar surface area (TPSA) is 59.9 Å². The average molecular weight is 351 g/mol. The van der Waals surface area contributed by atoms with E-state index in [1.54, 1.807) is 13.2 Å². The number of ether oxygens (including phenoxy) is 1. The van der Waals surface area contributed by atoms with Gasteiger partial charge < -0.3 is 10.1 Å². The molecule has 0 unspecified atom stereocenters. The standard InChI is InChI=1S/C15H19BrN4O/c1-5-17-15-12(16)13(9(2)3)19-14(20-15)10-7-6-8-11(18-10)21-4/h6-9H,5H2,1-4H3,(H,17,19,20). The molecule has 21 heavy (non-hydrogen) atoms. The molecule has 0 spiro atoms. The lowest BCUT2D eigenvalue weighted by Crippen LogP contribution is -2.07. The van der Waals surface area contributed by atoms with Crippen molar-refractivity contribution in [2.24, 2.45) is 0 Å². The third-order valence-electron chi connectivity index (χ3n) is 2.93. The highest BCUT2D eigenvalue weighted by Crippen LogP contribution is 2.31. The maximum Gasteiger partial charge on any atom is 0.213 e. The number of hydrogen-bond donors (Lipinski definition) is 1. The van der Waals surface area contributed by atoms with Crippen molar-refractivity contribution in [3.8, 4) is 17.4 Å². The van der Waals surface area contributed by atoms with Crippen LogP contribution in [-0.4, -0.2) is 28.6 Å². The van der Waals surface area contributed by atoms with Crippen LogP contribution in [0.2, 0.25) is 0 Å². The number of nitrogens with zero attached hydrogens (tertiary/aromatic N) is 3. The summed E-state index contributed by atoms with van der Waals surface area (Å²) in [5.74, 6) is 2.21. The number of rotatable bonds is 5. The summed E-state index contributed by atoms with van der Waals surface area (Å²) in [5, 5.41) is 3.25. The summed E-state index contributed by atoms with van der Waals surface area (Å²) in [4.78, 5) is 13.6. The second-order valence-electron chi connectivity index (χ2n) is 4.85. The molecule has 0 saturated heterocycles. The van der Waals surface area contributed by atoms with E-state index in [1.807, 2.05) is 19.1 Å². The first-order valence-corrected chi connectivity index (χ1v) is 7.68. The largest absolute Gasteiger partial charge is 0.481 e. The first-order valence-electron chi connectivity index (χ1n) is 6.89. The minimum atomic E-state index is 0.282. The van der Waals surface area contributed by atoms with Gasteiger partial charge in [0.2, 0.25) is 5.88 Å². The van der Waals surface area contributed by atoms with Gasteiger partial charge in [0.15, 0.2) is 5.82 Å². The monoisotopic (exact) mass is 350 g/mol. The van der Waals surface area contributed by atoms with Crippen molar-refractivity contribution in [3.05, 3.63) is 28.4 Å². The Balaban J connectivity index is 2.56. The third kappa shape index (κ3) is 3.50. The van der Waals surface area contributed by atoms with E-state index in [9.17, 15) is 0 Å². The number of pyridine rings is 1. The van der Waals surface area contributed by atoms with Crippen molar-refractivity contribution < 1.29 is 4.74 Å². The van der Waals surface area contributed by atoms with Gasteiger partial charge in [-0.25, -0.2) is 15.0 Å². The Labute approximate surface area is 133 Å². The lowest BCUT2D eigenvalue weighted by Gasteiger charge is -2.14. The Hall–Kier alpha value is -1.69. The lowest BCUT2D eigenvalue weighted by molar-refractivity contribution is 0.398. The van der Waals surface area contributed by atoms with E-state index in [2.05, 4.69) is 50.0 Å². The van der Waals surface area contributed by atoms with Crippen molar-refractivity contribution in [3.63, 3.8) is 0 Å². The summed E-state index contributed by atoms with van der Waals surface area (Å²) in [6, 6.07) is 5.57. The summed E-state index contributed by atoms with van der Waals surface area (Å²) in [6.07, 6.45) is 0. The molecular weight excluding hydrogens is 332 g/mol. The summed E-state index contributed by atoms with van der Waals surface area (Å²) >= 11 is 3.59. The average Bonchev–Trinajstić information content (AvgIpc) is 2.49. The van der Waals surface area contributed by atoms with E-state index in [1.165, 1.54) is 0 Å². The van der Waals surface area contributed by atoms with Gasteiger partial charge in [-0.3, -0.25) is 0 Å². The molecule has 0 atom stereocenters. The predicted octanol–water partition coefficient (Wildman–Crippen LogP) is 3.86. The third-order valence-corrected chi connectivity index (χ3v) is 3.71. The number of halogens is 1. The van der Waals surface area contributed by atoms with Crippen molar-refractivity contribution in [1.82, 2.24) is 15.0 Å². The van der Waals surface area contributed by atoms with Crippen LogP contribution in [0.4, 0.5) is 5.82 Å². The van der Waals surface area contributed by atoms with Gasteiger partial charge in [0.1, 0.15) is 11.5 Å². The van der Waals surface area contributed by atoms with Crippen LogP contribution in [0.5, 0.6) is 5.88 Å². The van der Waals surface area contributed by atoms with Crippen LogP contribution in [0.1, 0.15) is 32.4 Å². The SMILES string of the molecule is CCNc1nc(-c2cccc(OC)n2)nc(C(C)C)c1Br. The Kier molecular flexibility index (Phi) is 5.12. The van der Waals surface area contributed by atoms with Gasteiger partial charge in [-0.05, 0) is 34.8 Å². The molecule has 5 nitrogen and oxygen atoms in total. The van der Waals surface area contributed by atoms with Gasteiger partial charge in [-0.2, -0.15) is 0 Å². The molecule has 0 fully saturated rings. The van der Waals surface area contributed by atoms with Gasteiger partial charge >= 0.3 is 0 Å². The minimum absolute atomic E-state index is 0.282. The second kappa shape index (κ2) is 6.85. The molecule has 0 amide bonds. The van der Waals surface area contributed by atoms with Crippen LogP contribution in [-0.2, 0) is 0 Å². The number of aromatic nitrogens is 3. The molecule has 2 heterocycles. The van der Waals surface area contributed by atoms with E-state index < -0.39 is 0 Å². The molecule has 0 aliphatic rings. The summed E-state index contributed by atoms with van der Waals surface area (Å²) in [5.41, 5.74) is 1.66. The smallest absolute Gasteiger partial charge is 0.213 e. The fourth-order valence-corrected chi connectivity index (χ4v) is 2.67. The number of anilines is 1. The van der Waals surface area contributed by atoms with Crippen molar-refractivity contribution in [2.75, 3.05) is 19.0 Å². The number of nitrogens with one attached hydrogen (secondary N) is 1. The maximum absolute atomic E-state index is 5.16. The molecule has 0 aliphatic carbocycles. The number of methoxy groups -OCH3 is 1. The zero-order valence-corrected chi connectivity index (χ0v) is 14.2. The van der Waals surface area contributed by atoms with Crippen LogP contribution in [0.15, 0.2) is 22.7 Å². The van der Waals surface area contributed by atoms with Gasteiger partial charge in [-0.1, -0.05) is 19.9 Å². The highest BCUT2D eigenvalue weighted by Gasteiger charge is 2.16. The van der Waals surface area contributed by atoms with E-state index >= 15 is 0 Å². The molecule has 0 saturated carbocycles. The Bertz CT molecular complexity index is 631. The minimum Gasteiger partial charge on any atom is -0.481 e. The van der Waals surface area contributed by atoms with E-state index in [0.717, 1.165) is 22.5 Å². The fraction of sp³-hybridized carbons (Fsp3) is 0.400. The molecule has 0 aromatic carbocycles. The summed E-state index contributed by atoms with van der Waals surface area (Å²) in [6.45, 7) is 7.03. The molecule has 0 bridgehead atoms. The van der Waals surface area contributed by atoms with Crippen molar-refractivity contribution in [2.45, 2.75) is 26.7 Å². The van der Waals surface area contributed by atoms with Crippen molar-refractivity contribution in [1.29, 1.82) is 0 Å². The molecule has 0 radical (unpaired) electrons. The van der Waals surface area contributed by atoms with Crippen LogP contribution in [0.25, 0.3) is 11.5 Å². The summed E-state index contributed by atoms with van der Waals surface area (Å²) in [7, 11) is 1.60. The summed E-state index contributed by atoms with van der Waals surface area (Å²) < 4.78 is 6.07. The van der Waals surface area contributed by atoms with Crippen LogP contribution < -0.4 is 10.1 Å². The second-order valence-corrected chi connectivity index (χ2v) is 5.64. The zero-order valence-electron chi connectivity index (χ0n) is 12.6. The molecule has 6 heteroatoms. The molecule has 0 aliphatic heterocycles. The number of hydrogen-bond acceptors (Lipinski definition) is 5. The normalized spacial score (nSPS) is 10.8. The Morgan fingerprint density at radius 3 is 2.62 bits per heavy atom. The molecule has 112 valence electrons. The Morgan fingerprint density at radius 1 is 1.24 bits per heavy atom. The van der Waals surface area contributed by atoms with Gasteiger partial charge in [0.05, 0.1) is 17.3 Å². The molecule has 2 rings (SSSR count). The first-order chi connectivity index (χ1) is 10.1. The zero-order chi connectivity index (χ0) is 15.4. The molecular formula is C15H19BrN4O. The highest BCUT2D eigenvalue weighted by atomic mass is 79.9. The molecule has 2 aromatic heterocycles. The van der Waals surface area contributed by atoms with Crippen LogP contribution >= 0.6 is 15.9 Å². The van der Waals surface area contributed by atoms with Gasteiger partial charge in [0.25, 0.3) is 0 Å². The lowest BCUT2D eigenvalue weighted by atomic mass is 10.1. The van der Waals surface area contributed by atoms with Gasteiger partial charge in [0, 0.05) is 12.6 Å². The maximum atomic E-state index is 5.16. The predicted molar refractivity (Wildman–Crippen MR) is 87.8 cm³/mol. The van der Waals surface area contributed by atoms with Crippen LogP contribution in [0, 0.1) is 0 Å². The van der Waals surface area contributed by atoms with Crippen molar-refractivity contribution >= 4 is 21.7 Å². The quantitative estimate of drug-likeness (QED) is 0.886. The molecule has 2 aromatic rings. The first kappa shape index (κ1) is 15.7. The van der Waals surface area contributed by atoms with E-state index in [4.69, 9.17) is 4.74 Å². The highest BCUT2D eigenvalue weighted by molar-refractivity contribution is 9.10. The molecule has 1 N–H and O–H groups in total. The van der Waals surface area contributed by atoms with Gasteiger partial charge in [-0.15, -0.1) is 0 Å². The fourth-order valence-electron chi connectivity index (χ4n) is 1.90. The van der Waals surface area contributed by atoms with Crippen LogP contribution in [0.3, 0.4) is 0 Å². The van der Waals surface area contributed by atoms with E-state index in [-0.39, 0.29) is 5.92 Å².